The van der Waals surface area contributed by atoms with Gasteiger partial charge in [0, 0.05) is 34.5 Å². The van der Waals surface area contributed by atoms with Gasteiger partial charge in [0.15, 0.2) is 0 Å². The Morgan fingerprint density at radius 1 is 0.600 bits per heavy atom. The van der Waals surface area contributed by atoms with E-state index >= 15 is 0 Å². The second-order valence-electron chi connectivity index (χ2n) is 3.57. The molecule has 86 valence electrons. The van der Waals surface area contributed by atoms with Crippen LogP contribution in [-0.2, 0) is 0 Å². The van der Waals surface area contributed by atoms with Crippen molar-refractivity contribution in [1.82, 2.24) is 0 Å². The second-order valence-corrected chi connectivity index (χ2v) is 12.0. The minimum absolute atomic E-state index is 0.539. The molecule has 0 aliphatic carbocycles. The standard InChI is InChI=1S/C9H14S6/c1-2-11-7(10-1)9(14-5-6-15-9)8-12-3-4-13-8/h7-8H,1-6H2. The molecule has 3 aliphatic rings. The van der Waals surface area contributed by atoms with Crippen molar-refractivity contribution in [2.24, 2.45) is 0 Å². The Labute approximate surface area is 117 Å². The van der Waals surface area contributed by atoms with Gasteiger partial charge in [0.1, 0.15) is 4.08 Å². The Balaban J connectivity index is 1.80. The third kappa shape index (κ3) is 2.33. The molecule has 15 heavy (non-hydrogen) atoms. The van der Waals surface area contributed by atoms with Gasteiger partial charge in [-0.1, -0.05) is 0 Å². The Kier molecular flexibility index (Phi) is 4.37. The van der Waals surface area contributed by atoms with Crippen LogP contribution >= 0.6 is 70.6 Å². The van der Waals surface area contributed by atoms with E-state index < -0.39 is 0 Å². The van der Waals surface area contributed by atoms with Crippen LogP contribution in [0, 0.1) is 0 Å². The maximum Gasteiger partial charge on any atom is 0.103 e. The smallest absolute Gasteiger partial charge is 0.103 e. The number of hydrogen-bond acceptors (Lipinski definition) is 6. The van der Waals surface area contributed by atoms with Crippen molar-refractivity contribution in [3.8, 4) is 0 Å². The number of rotatable bonds is 2. The van der Waals surface area contributed by atoms with Crippen LogP contribution in [0.15, 0.2) is 0 Å². The third-order valence-corrected chi connectivity index (χ3v) is 14.1. The normalized spacial score (nSPS) is 32.8. The van der Waals surface area contributed by atoms with Crippen molar-refractivity contribution in [3.63, 3.8) is 0 Å². The highest BCUT2D eigenvalue weighted by Crippen LogP contribution is 2.63. The van der Waals surface area contributed by atoms with E-state index in [1.165, 1.54) is 34.5 Å². The summed E-state index contributed by atoms with van der Waals surface area (Å²) in [6.45, 7) is 0. The molecule has 0 radical (unpaired) electrons. The molecule has 0 aromatic carbocycles. The molecule has 0 amide bonds. The van der Waals surface area contributed by atoms with E-state index in [0.717, 1.165) is 9.16 Å². The lowest BCUT2D eigenvalue weighted by molar-refractivity contribution is 0.997. The molecule has 0 aromatic heterocycles. The summed E-state index contributed by atoms with van der Waals surface area (Å²) in [6.07, 6.45) is 0. The number of thioether (sulfide) groups is 6. The summed E-state index contributed by atoms with van der Waals surface area (Å²) >= 11 is 13.4. The van der Waals surface area contributed by atoms with Crippen LogP contribution in [0.25, 0.3) is 0 Å². The van der Waals surface area contributed by atoms with E-state index in [-0.39, 0.29) is 0 Å². The van der Waals surface area contributed by atoms with Crippen LogP contribution in [0.5, 0.6) is 0 Å². The third-order valence-electron chi connectivity index (χ3n) is 2.64. The molecule has 0 N–H and O–H groups in total. The maximum absolute atomic E-state index is 2.26. The fraction of sp³-hybridized carbons (Fsp3) is 1.00. The van der Waals surface area contributed by atoms with Gasteiger partial charge < -0.3 is 0 Å². The number of hydrogen-bond donors (Lipinski definition) is 0. The highest BCUT2D eigenvalue weighted by molar-refractivity contribution is 8.30. The molecule has 3 rings (SSSR count). The summed E-state index contributed by atoms with van der Waals surface area (Å²) in [5.74, 6) is 8.25. The van der Waals surface area contributed by atoms with Gasteiger partial charge in [0.05, 0.1) is 9.16 Å². The van der Waals surface area contributed by atoms with Crippen molar-refractivity contribution >= 4 is 70.6 Å². The van der Waals surface area contributed by atoms with Gasteiger partial charge in [-0.15, -0.1) is 70.6 Å². The molecule has 0 saturated carbocycles. The van der Waals surface area contributed by atoms with Crippen LogP contribution in [-0.4, -0.2) is 47.8 Å². The molecule has 6 heteroatoms. The Hall–Kier alpha value is 2.10. The fourth-order valence-corrected chi connectivity index (χ4v) is 14.1. The van der Waals surface area contributed by atoms with Gasteiger partial charge in [-0.05, 0) is 0 Å². The zero-order valence-electron chi connectivity index (χ0n) is 8.35. The first-order valence-electron chi connectivity index (χ1n) is 5.16. The average Bonchev–Trinajstić information content (AvgIpc) is 3.02. The summed E-state index contributed by atoms with van der Waals surface area (Å²) in [7, 11) is 0. The van der Waals surface area contributed by atoms with Crippen molar-refractivity contribution in [1.29, 1.82) is 0 Å². The Morgan fingerprint density at radius 2 is 1.00 bits per heavy atom. The van der Waals surface area contributed by atoms with Crippen LogP contribution in [0.1, 0.15) is 0 Å². The molecule has 0 unspecified atom stereocenters. The molecule has 3 heterocycles. The molecule has 0 aromatic rings. The van der Waals surface area contributed by atoms with E-state index in [1.54, 1.807) is 0 Å². The zero-order valence-corrected chi connectivity index (χ0v) is 13.2. The average molecular weight is 315 g/mol. The Morgan fingerprint density at radius 3 is 1.40 bits per heavy atom. The quantitative estimate of drug-likeness (QED) is 0.755. The minimum Gasteiger partial charge on any atom is -0.144 e. The van der Waals surface area contributed by atoms with Crippen LogP contribution in [0.4, 0.5) is 0 Å². The van der Waals surface area contributed by atoms with Gasteiger partial charge in [-0.3, -0.25) is 0 Å². The molecule has 0 bridgehead atoms. The monoisotopic (exact) mass is 314 g/mol. The molecule has 0 atom stereocenters. The lowest BCUT2D eigenvalue weighted by atomic mass is 10.5. The fourth-order valence-electron chi connectivity index (χ4n) is 2.01. The summed E-state index contributed by atoms with van der Waals surface area (Å²) in [6, 6.07) is 0. The SMILES string of the molecule is C1CSC(C2(C3SCCS3)SCCS2)S1. The molecule has 3 saturated heterocycles. The summed E-state index contributed by atoms with van der Waals surface area (Å²) < 4.78 is 2.26. The van der Waals surface area contributed by atoms with Crippen molar-refractivity contribution in [2.75, 3.05) is 34.5 Å². The molecular weight excluding hydrogens is 301 g/mol. The van der Waals surface area contributed by atoms with E-state index in [2.05, 4.69) is 70.6 Å². The largest absolute Gasteiger partial charge is 0.144 e. The lowest BCUT2D eigenvalue weighted by Gasteiger charge is -2.36. The predicted octanol–water partition coefficient (Wildman–Crippen LogP) is 3.77. The topological polar surface area (TPSA) is 0 Å². The molecule has 3 fully saturated rings. The lowest BCUT2D eigenvalue weighted by Crippen LogP contribution is -2.36. The first-order valence-corrected chi connectivity index (χ1v) is 11.3. The van der Waals surface area contributed by atoms with Crippen LogP contribution in [0.2, 0.25) is 0 Å². The molecule has 0 spiro atoms. The predicted molar refractivity (Wildman–Crippen MR) is 85.1 cm³/mol. The van der Waals surface area contributed by atoms with Gasteiger partial charge in [0.2, 0.25) is 0 Å². The van der Waals surface area contributed by atoms with Crippen LogP contribution in [0.3, 0.4) is 0 Å². The highest BCUT2D eigenvalue weighted by atomic mass is 32.2. The molecular formula is C9H14S6. The molecule has 3 aliphatic heterocycles. The van der Waals surface area contributed by atoms with Crippen molar-refractivity contribution in [2.45, 2.75) is 13.2 Å². The van der Waals surface area contributed by atoms with Gasteiger partial charge in [-0.2, -0.15) is 0 Å². The van der Waals surface area contributed by atoms with Crippen LogP contribution < -0.4 is 0 Å². The highest BCUT2D eigenvalue weighted by Gasteiger charge is 2.52. The van der Waals surface area contributed by atoms with Crippen molar-refractivity contribution in [3.05, 3.63) is 0 Å². The summed E-state index contributed by atoms with van der Waals surface area (Å²) in [5, 5.41) is 0. The van der Waals surface area contributed by atoms with Gasteiger partial charge >= 0.3 is 0 Å². The zero-order chi connectivity index (χ0) is 10.1. The summed E-state index contributed by atoms with van der Waals surface area (Å²) in [4.78, 5) is 0. The van der Waals surface area contributed by atoms with E-state index in [9.17, 15) is 0 Å². The summed E-state index contributed by atoms with van der Waals surface area (Å²) in [5.41, 5.74) is 0. The van der Waals surface area contributed by atoms with E-state index in [1.807, 2.05) is 0 Å². The Bertz CT molecular complexity index is 197. The first kappa shape index (κ1) is 12.2. The van der Waals surface area contributed by atoms with Crippen molar-refractivity contribution < 1.29 is 0 Å². The minimum atomic E-state index is 0.539. The second kappa shape index (κ2) is 5.39. The first-order chi connectivity index (χ1) is 7.42. The van der Waals surface area contributed by atoms with E-state index in [0.29, 0.717) is 4.08 Å². The maximum atomic E-state index is 2.26. The van der Waals surface area contributed by atoms with Gasteiger partial charge in [-0.25, -0.2) is 0 Å². The van der Waals surface area contributed by atoms with E-state index in [4.69, 9.17) is 0 Å². The molecule has 0 nitrogen and oxygen atoms in total. The van der Waals surface area contributed by atoms with Gasteiger partial charge in [0.25, 0.3) is 0 Å².